The molecule has 3 aromatic carbocycles. The molecule has 3 aromatic rings. The van der Waals surface area contributed by atoms with Crippen LogP contribution in [0, 0.1) is 5.92 Å². The number of likely N-dealkylation sites (tertiary alicyclic amines) is 1. The number of carbonyl (C=O) groups excluding carboxylic acids is 1. The van der Waals surface area contributed by atoms with E-state index >= 15 is 0 Å². The highest BCUT2D eigenvalue weighted by molar-refractivity contribution is 7.93. The van der Waals surface area contributed by atoms with E-state index < -0.39 is 20.5 Å². The summed E-state index contributed by atoms with van der Waals surface area (Å²) in [5.74, 6) is -0.829. The average molecular weight is 430 g/mol. The third-order valence-electron chi connectivity index (χ3n) is 6.60. The van der Waals surface area contributed by atoms with Crippen LogP contribution in [0.15, 0.2) is 96.4 Å². The van der Waals surface area contributed by atoms with E-state index in [4.69, 9.17) is 0 Å². The van der Waals surface area contributed by atoms with Crippen molar-refractivity contribution in [2.45, 2.75) is 22.6 Å². The van der Waals surface area contributed by atoms with Crippen molar-refractivity contribution in [3.8, 4) is 0 Å². The summed E-state index contributed by atoms with van der Waals surface area (Å²) in [6, 6.07) is 25.7. The van der Waals surface area contributed by atoms with Crippen LogP contribution in [0.25, 0.3) is 5.57 Å². The van der Waals surface area contributed by atoms with Crippen molar-refractivity contribution in [2.75, 3.05) is 6.54 Å². The average Bonchev–Trinajstić information content (AvgIpc) is 3.08. The first-order valence-electron chi connectivity index (χ1n) is 10.4. The standard InChI is InChI=1S/C26H23NO3S/c1-19-23-15-9-8-12-21(23)16-26(31(29,30)22-13-6-3-7-14-22)24(19)18-27(25(26)28)17-20-10-4-2-5-11-20/h2-15,24H,1,16-18H2/t24-,26-/m0/s1. The summed E-state index contributed by atoms with van der Waals surface area (Å²) in [5.41, 5.74) is 3.52. The zero-order chi connectivity index (χ0) is 21.6. The van der Waals surface area contributed by atoms with Gasteiger partial charge in [-0.2, -0.15) is 0 Å². The van der Waals surface area contributed by atoms with Gasteiger partial charge in [0.25, 0.3) is 0 Å². The van der Waals surface area contributed by atoms with Crippen molar-refractivity contribution in [1.29, 1.82) is 0 Å². The Morgan fingerprint density at radius 3 is 2.23 bits per heavy atom. The summed E-state index contributed by atoms with van der Waals surface area (Å²) >= 11 is 0. The SMILES string of the molecule is C=C1c2ccccc2C[C@@]2(S(=O)(=O)c3ccccc3)C(=O)N(Cc3ccccc3)C[C@@H]12. The van der Waals surface area contributed by atoms with Gasteiger partial charge in [-0.1, -0.05) is 79.4 Å². The molecule has 5 heteroatoms. The smallest absolute Gasteiger partial charge is 0.245 e. The van der Waals surface area contributed by atoms with Crippen LogP contribution in [0.2, 0.25) is 0 Å². The summed E-state index contributed by atoms with van der Waals surface area (Å²) in [6.07, 6.45) is 0.161. The molecule has 1 fully saturated rings. The van der Waals surface area contributed by atoms with Crippen LogP contribution >= 0.6 is 0 Å². The fourth-order valence-corrected chi connectivity index (χ4v) is 7.30. The summed E-state index contributed by atoms with van der Waals surface area (Å²) in [5, 5.41) is 0. The molecule has 1 aliphatic carbocycles. The minimum Gasteiger partial charge on any atom is -0.336 e. The van der Waals surface area contributed by atoms with Gasteiger partial charge in [-0.25, -0.2) is 8.42 Å². The van der Waals surface area contributed by atoms with E-state index in [1.54, 1.807) is 35.2 Å². The first kappa shape index (κ1) is 19.8. The highest BCUT2D eigenvalue weighted by atomic mass is 32.2. The van der Waals surface area contributed by atoms with E-state index in [1.807, 2.05) is 54.6 Å². The van der Waals surface area contributed by atoms with E-state index in [0.717, 1.165) is 22.3 Å². The first-order chi connectivity index (χ1) is 14.9. The number of sulfone groups is 1. The minimum atomic E-state index is -3.96. The van der Waals surface area contributed by atoms with E-state index in [2.05, 4.69) is 6.58 Å². The number of benzene rings is 3. The van der Waals surface area contributed by atoms with E-state index in [-0.39, 0.29) is 17.2 Å². The lowest BCUT2D eigenvalue weighted by atomic mass is 9.74. The maximum Gasteiger partial charge on any atom is 0.245 e. The van der Waals surface area contributed by atoms with Gasteiger partial charge >= 0.3 is 0 Å². The molecule has 0 bridgehead atoms. The third-order valence-corrected chi connectivity index (χ3v) is 9.06. The highest BCUT2D eigenvalue weighted by Crippen LogP contribution is 2.51. The van der Waals surface area contributed by atoms with Gasteiger partial charge in [-0.3, -0.25) is 4.79 Å². The van der Waals surface area contributed by atoms with Crippen LogP contribution in [-0.4, -0.2) is 30.5 Å². The molecule has 5 rings (SSSR count). The molecule has 4 nitrogen and oxygen atoms in total. The zero-order valence-electron chi connectivity index (χ0n) is 17.1. The number of carbonyl (C=O) groups is 1. The van der Waals surface area contributed by atoms with Gasteiger partial charge in [0.15, 0.2) is 14.6 Å². The Kier molecular flexibility index (Phi) is 4.59. The molecular weight excluding hydrogens is 406 g/mol. The van der Waals surface area contributed by atoms with Crippen LogP contribution in [0.5, 0.6) is 0 Å². The van der Waals surface area contributed by atoms with Crippen LogP contribution < -0.4 is 0 Å². The molecule has 2 aliphatic rings. The van der Waals surface area contributed by atoms with Gasteiger partial charge in [0, 0.05) is 25.4 Å². The topological polar surface area (TPSA) is 54.5 Å². The third kappa shape index (κ3) is 2.87. The first-order valence-corrected chi connectivity index (χ1v) is 11.8. The second-order valence-electron chi connectivity index (χ2n) is 8.29. The molecule has 2 atom stereocenters. The minimum absolute atomic E-state index is 0.161. The van der Waals surface area contributed by atoms with Gasteiger partial charge in [0.2, 0.25) is 5.91 Å². The largest absolute Gasteiger partial charge is 0.336 e. The van der Waals surface area contributed by atoms with Crippen LogP contribution in [0.3, 0.4) is 0 Å². The predicted molar refractivity (Wildman–Crippen MR) is 121 cm³/mol. The maximum absolute atomic E-state index is 14.1. The summed E-state index contributed by atoms with van der Waals surface area (Å²) < 4.78 is 26.6. The molecule has 1 heterocycles. The van der Waals surface area contributed by atoms with Crippen molar-refractivity contribution in [3.63, 3.8) is 0 Å². The van der Waals surface area contributed by atoms with Crippen LogP contribution in [0.4, 0.5) is 0 Å². The maximum atomic E-state index is 14.1. The summed E-state index contributed by atoms with van der Waals surface area (Å²) in [6.45, 7) is 5.00. The molecule has 0 unspecified atom stereocenters. The Hall–Kier alpha value is -3.18. The normalized spacial score (nSPS) is 22.8. The summed E-state index contributed by atoms with van der Waals surface area (Å²) in [7, 11) is -3.96. The van der Waals surface area contributed by atoms with Gasteiger partial charge in [-0.15, -0.1) is 0 Å². The van der Waals surface area contributed by atoms with Gasteiger partial charge < -0.3 is 4.90 Å². The number of hydrogen-bond acceptors (Lipinski definition) is 3. The molecule has 156 valence electrons. The Labute approximate surface area is 182 Å². The van der Waals surface area contributed by atoms with Crippen LogP contribution in [-0.2, 0) is 27.6 Å². The second kappa shape index (κ2) is 7.20. The Morgan fingerprint density at radius 2 is 1.52 bits per heavy atom. The van der Waals surface area contributed by atoms with E-state index in [9.17, 15) is 13.2 Å². The number of rotatable bonds is 4. The zero-order valence-corrected chi connectivity index (χ0v) is 17.9. The molecular formula is C26H23NO3S. The molecule has 1 aliphatic heterocycles. The molecule has 0 spiro atoms. The van der Waals surface area contributed by atoms with Crippen molar-refractivity contribution in [3.05, 3.63) is 108 Å². The highest BCUT2D eigenvalue weighted by Gasteiger charge is 2.65. The molecule has 0 N–H and O–H groups in total. The molecule has 1 saturated heterocycles. The van der Waals surface area contributed by atoms with E-state index in [1.165, 1.54) is 0 Å². The van der Waals surface area contributed by atoms with Crippen LogP contribution in [0.1, 0.15) is 16.7 Å². The molecule has 1 amide bonds. The molecule has 0 saturated carbocycles. The fraction of sp³-hybridized carbons (Fsp3) is 0.192. The number of hydrogen-bond donors (Lipinski definition) is 0. The van der Waals surface area contributed by atoms with Gasteiger partial charge in [-0.05, 0) is 34.4 Å². The molecule has 0 radical (unpaired) electrons. The van der Waals surface area contributed by atoms with Crippen molar-refractivity contribution in [2.24, 2.45) is 5.92 Å². The summed E-state index contributed by atoms with van der Waals surface area (Å²) in [4.78, 5) is 15.8. The number of nitrogens with zero attached hydrogens (tertiary/aromatic N) is 1. The monoisotopic (exact) mass is 429 g/mol. The Balaban J connectivity index is 1.67. The Morgan fingerprint density at radius 1 is 0.903 bits per heavy atom. The quantitative estimate of drug-likeness (QED) is 0.627. The Bertz CT molecular complexity index is 1270. The van der Waals surface area contributed by atoms with Crippen molar-refractivity contribution < 1.29 is 13.2 Å². The lowest BCUT2D eigenvalue weighted by Gasteiger charge is -2.38. The van der Waals surface area contributed by atoms with Crippen molar-refractivity contribution >= 4 is 21.3 Å². The lowest BCUT2D eigenvalue weighted by Crippen LogP contribution is -2.54. The number of fused-ring (bicyclic) bond motifs is 2. The van der Waals surface area contributed by atoms with Crippen molar-refractivity contribution in [1.82, 2.24) is 4.90 Å². The molecule has 31 heavy (non-hydrogen) atoms. The predicted octanol–water partition coefficient (Wildman–Crippen LogP) is 4.13. The van der Waals surface area contributed by atoms with E-state index in [0.29, 0.717) is 13.1 Å². The van der Waals surface area contributed by atoms with Gasteiger partial charge in [0.1, 0.15) is 0 Å². The fourth-order valence-electron chi connectivity index (χ4n) is 5.06. The second-order valence-corrected chi connectivity index (χ2v) is 10.5. The molecule has 0 aromatic heterocycles. The van der Waals surface area contributed by atoms with Gasteiger partial charge in [0.05, 0.1) is 4.90 Å². The number of amides is 1. The lowest BCUT2D eigenvalue weighted by molar-refractivity contribution is -0.130.